The van der Waals surface area contributed by atoms with Crippen molar-refractivity contribution in [1.29, 1.82) is 0 Å². The van der Waals surface area contributed by atoms with Gasteiger partial charge in [-0.25, -0.2) is 4.98 Å². The number of piperazine rings is 1. The maximum atomic E-state index is 13.4. The van der Waals surface area contributed by atoms with Crippen molar-refractivity contribution >= 4 is 46.0 Å². The average molecular weight is 654 g/mol. The van der Waals surface area contributed by atoms with E-state index in [0.717, 1.165) is 26.8 Å². The van der Waals surface area contributed by atoms with Gasteiger partial charge in [0.1, 0.15) is 5.75 Å². The predicted octanol–water partition coefficient (Wildman–Crippen LogP) is 6.72. The van der Waals surface area contributed by atoms with Gasteiger partial charge in [0.15, 0.2) is 5.13 Å². The minimum Gasteiger partial charge on any atom is -0.496 e. The van der Waals surface area contributed by atoms with Crippen molar-refractivity contribution < 1.29 is 19.1 Å². The second-order valence-electron chi connectivity index (χ2n) is 11.8. The van der Waals surface area contributed by atoms with Gasteiger partial charge in [-0.1, -0.05) is 69.9 Å². The molecule has 0 saturated carbocycles. The van der Waals surface area contributed by atoms with Gasteiger partial charge >= 0.3 is 0 Å². The third kappa shape index (κ3) is 9.79. The number of anilines is 1. The van der Waals surface area contributed by atoms with E-state index in [-0.39, 0.29) is 23.1 Å². The number of thiazole rings is 1. The zero-order chi connectivity index (χ0) is 33.3. The zero-order valence-electron chi connectivity index (χ0n) is 27.9. The van der Waals surface area contributed by atoms with Crippen LogP contribution in [-0.2, 0) is 11.3 Å². The third-order valence-electron chi connectivity index (χ3n) is 7.78. The molecule has 0 aliphatic carbocycles. The van der Waals surface area contributed by atoms with Crippen molar-refractivity contribution in [1.82, 2.24) is 20.1 Å². The van der Waals surface area contributed by atoms with Gasteiger partial charge in [0.05, 0.1) is 23.1 Å². The molecule has 4 rings (SSSR count). The number of carbonyl (C=O) groups excluding carboxylic acids is 3. The maximum Gasteiger partial charge on any atom is 0.257 e. The molecule has 3 amide bonds. The van der Waals surface area contributed by atoms with Crippen LogP contribution in [0.25, 0.3) is 0 Å². The Morgan fingerprint density at radius 2 is 1.67 bits per heavy atom. The highest BCUT2D eigenvalue weighted by atomic mass is 32.2. The monoisotopic (exact) mass is 653 g/mol. The Kier molecular flexibility index (Phi) is 13.0. The van der Waals surface area contributed by atoms with Gasteiger partial charge in [-0.3, -0.25) is 19.7 Å². The molecule has 9 nitrogen and oxygen atoms in total. The lowest BCUT2D eigenvalue weighted by molar-refractivity contribution is -0.130. The van der Waals surface area contributed by atoms with E-state index >= 15 is 0 Å². The number of carbonyl (C=O) groups is 3. The number of aromatic nitrogens is 1. The Morgan fingerprint density at radius 3 is 2.24 bits per heavy atom. The molecular weight excluding hydrogens is 607 g/mol. The second kappa shape index (κ2) is 16.2. The van der Waals surface area contributed by atoms with Crippen LogP contribution >= 0.6 is 23.1 Å². The molecule has 1 saturated heterocycles. The molecule has 2 N–H and O–H groups in total. The first-order valence-electron chi connectivity index (χ1n) is 15.4. The van der Waals surface area contributed by atoms with Crippen molar-refractivity contribution in [3.63, 3.8) is 0 Å². The molecule has 11 heteroatoms. The molecule has 2 aromatic carbocycles. The van der Waals surface area contributed by atoms with Gasteiger partial charge in [0, 0.05) is 56.1 Å². The van der Waals surface area contributed by atoms with E-state index in [9.17, 15) is 14.4 Å². The lowest BCUT2D eigenvalue weighted by Crippen LogP contribution is -2.50. The number of aryl methyl sites for hydroxylation is 1. The third-order valence-corrected chi connectivity index (χ3v) is 9.96. The summed E-state index contributed by atoms with van der Waals surface area (Å²) < 4.78 is 6.44. The summed E-state index contributed by atoms with van der Waals surface area (Å²) >= 11 is 2.87. The summed E-state index contributed by atoms with van der Waals surface area (Å²) in [5, 5.41) is 6.94. The van der Waals surface area contributed by atoms with Crippen molar-refractivity contribution in [2.75, 3.05) is 38.6 Å². The molecule has 1 atom stereocenters. The molecule has 244 valence electrons. The molecule has 1 aliphatic rings. The smallest absolute Gasteiger partial charge is 0.257 e. The van der Waals surface area contributed by atoms with E-state index in [4.69, 9.17) is 4.74 Å². The minimum absolute atomic E-state index is 0.0195. The van der Waals surface area contributed by atoms with E-state index in [1.54, 1.807) is 30.0 Å². The fourth-order valence-corrected chi connectivity index (χ4v) is 6.43. The summed E-state index contributed by atoms with van der Waals surface area (Å²) in [7, 11) is 1.56. The van der Waals surface area contributed by atoms with Crippen LogP contribution in [0, 0.1) is 12.3 Å². The van der Waals surface area contributed by atoms with Crippen molar-refractivity contribution in [3.8, 4) is 5.75 Å². The minimum atomic E-state index is -0.216. The predicted molar refractivity (Wildman–Crippen MR) is 184 cm³/mol. The fourth-order valence-electron chi connectivity index (χ4n) is 4.50. The van der Waals surface area contributed by atoms with Crippen LogP contribution in [0.5, 0.6) is 5.75 Å². The first-order valence-corrected chi connectivity index (χ1v) is 17.0. The molecule has 1 aliphatic heterocycles. The number of nitrogens with zero attached hydrogens (tertiary/aromatic N) is 3. The standard InChI is InChI=1S/C32H41N5O4S2.C2H6/c1-20-16-26(41-7)25(30(40)37-14-12-36(13-15-37)22(3)38)17-27(20)42-28-19-34-31(43-28)35-29(39)24-10-8-23(9-11-24)18-33-21(2)32(4,5)6;1-2/h8-11,16-17,19,21,33H,12-15,18H2,1-7H3,(H,34,35,39);1-2H3. The number of amides is 3. The quantitative estimate of drug-likeness (QED) is 0.264. The number of hydrogen-bond acceptors (Lipinski definition) is 8. The number of hydrogen-bond donors (Lipinski definition) is 2. The van der Waals surface area contributed by atoms with Gasteiger partial charge in [0.25, 0.3) is 11.8 Å². The molecular formula is C34H47N5O4S2. The lowest BCUT2D eigenvalue weighted by atomic mass is 9.88. The summed E-state index contributed by atoms with van der Waals surface area (Å²) in [6.07, 6.45) is 1.72. The van der Waals surface area contributed by atoms with E-state index in [0.29, 0.717) is 54.2 Å². The summed E-state index contributed by atoms with van der Waals surface area (Å²) in [5.41, 5.74) is 3.30. The molecule has 1 fully saturated rings. The Balaban J connectivity index is 0.00000271. The molecule has 0 spiro atoms. The van der Waals surface area contributed by atoms with Crippen LogP contribution in [0.3, 0.4) is 0 Å². The molecule has 1 aromatic heterocycles. The van der Waals surface area contributed by atoms with Crippen LogP contribution in [0.1, 0.15) is 80.3 Å². The van der Waals surface area contributed by atoms with E-state index in [1.165, 1.54) is 23.1 Å². The highest BCUT2D eigenvalue weighted by Gasteiger charge is 2.26. The highest BCUT2D eigenvalue weighted by molar-refractivity contribution is 8.01. The van der Waals surface area contributed by atoms with Crippen molar-refractivity contribution in [3.05, 3.63) is 64.8 Å². The summed E-state index contributed by atoms with van der Waals surface area (Å²) in [5.74, 6) is 0.200. The molecule has 2 heterocycles. The topological polar surface area (TPSA) is 104 Å². The van der Waals surface area contributed by atoms with Gasteiger partial charge in [-0.2, -0.15) is 0 Å². The van der Waals surface area contributed by atoms with E-state index in [2.05, 4.69) is 43.3 Å². The lowest BCUT2D eigenvalue weighted by Gasteiger charge is -2.34. The molecule has 0 bridgehead atoms. The van der Waals surface area contributed by atoms with E-state index < -0.39 is 0 Å². The Hall–Kier alpha value is -3.41. The fraction of sp³-hybridized carbons (Fsp3) is 0.471. The number of methoxy groups -OCH3 is 1. The van der Waals surface area contributed by atoms with Crippen LogP contribution in [0.2, 0.25) is 0 Å². The largest absolute Gasteiger partial charge is 0.496 e. The number of rotatable bonds is 9. The second-order valence-corrected chi connectivity index (χ2v) is 14.2. The first kappa shape index (κ1) is 36.1. The van der Waals surface area contributed by atoms with Crippen molar-refractivity contribution in [2.45, 2.75) is 77.1 Å². The van der Waals surface area contributed by atoms with E-state index in [1.807, 2.05) is 57.2 Å². The molecule has 0 radical (unpaired) electrons. The number of benzene rings is 2. The van der Waals surface area contributed by atoms with Gasteiger partial charge < -0.3 is 19.9 Å². The first-order chi connectivity index (χ1) is 21.3. The summed E-state index contributed by atoms with van der Waals surface area (Å²) in [6.45, 7) is 19.0. The van der Waals surface area contributed by atoms with Crippen LogP contribution in [0.4, 0.5) is 5.13 Å². The number of ether oxygens (including phenoxy) is 1. The maximum absolute atomic E-state index is 13.4. The average Bonchev–Trinajstić information content (AvgIpc) is 3.47. The molecule has 45 heavy (non-hydrogen) atoms. The molecule has 1 unspecified atom stereocenters. The Morgan fingerprint density at radius 1 is 1.04 bits per heavy atom. The zero-order valence-corrected chi connectivity index (χ0v) is 29.6. The van der Waals surface area contributed by atoms with Gasteiger partial charge in [0.2, 0.25) is 5.91 Å². The van der Waals surface area contributed by atoms with Gasteiger partial charge in [-0.05, 0) is 54.7 Å². The normalized spacial score (nSPS) is 13.9. The van der Waals surface area contributed by atoms with Crippen LogP contribution in [-0.4, -0.2) is 71.8 Å². The molecule has 3 aromatic rings. The van der Waals surface area contributed by atoms with Crippen LogP contribution < -0.4 is 15.4 Å². The SMILES string of the molecule is CC.COc1cc(C)c(Sc2cnc(NC(=O)c3ccc(CNC(C)C(C)(C)C)cc3)s2)cc1C(=O)N1CCN(C(C)=O)CC1. The van der Waals surface area contributed by atoms with Gasteiger partial charge in [-0.15, -0.1) is 0 Å². The summed E-state index contributed by atoms with van der Waals surface area (Å²) in [6, 6.07) is 11.7. The summed E-state index contributed by atoms with van der Waals surface area (Å²) in [4.78, 5) is 46.8. The highest BCUT2D eigenvalue weighted by Crippen LogP contribution is 2.38. The Labute approximate surface area is 276 Å². The van der Waals surface area contributed by atoms with Crippen LogP contribution in [0.15, 0.2) is 51.7 Å². The number of nitrogens with one attached hydrogen (secondary N) is 2. The van der Waals surface area contributed by atoms with Crippen molar-refractivity contribution in [2.24, 2.45) is 5.41 Å². The Bertz CT molecular complexity index is 1460.